The maximum absolute atomic E-state index is 9.71. The predicted molar refractivity (Wildman–Crippen MR) is 49.0 cm³/mol. The highest BCUT2D eigenvalue weighted by Crippen LogP contribution is 2.34. The van der Waals surface area contributed by atoms with Crippen LogP contribution in [0.1, 0.15) is 32.1 Å². The summed E-state index contributed by atoms with van der Waals surface area (Å²) in [6, 6.07) is 9.66. The molecule has 1 saturated carbocycles. The Morgan fingerprint density at radius 1 is 1.25 bits per heavy atom. The molecule has 64 valence electrons. The summed E-state index contributed by atoms with van der Waals surface area (Å²) in [7, 11) is 0. The van der Waals surface area contributed by atoms with Crippen molar-refractivity contribution in [1.82, 2.24) is 0 Å². The minimum absolute atomic E-state index is 0.491. The fraction of sp³-hybridized carbons (Fsp3) is 0.455. The number of aliphatic hydroxyl groups excluding tert-OH is 1. The Morgan fingerprint density at radius 3 is 2.58 bits per heavy atom. The van der Waals surface area contributed by atoms with Gasteiger partial charge in [0.25, 0.3) is 0 Å². The third-order valence-corrected chi connectivity index (χ3v) is 2.47. The summed E-state index contributed by atoms with van der Waals surface area (Å²) in [5.41, 5.74) is 0.944. The average molecular weight is 163 g/mol. The molecule has 0 heterocycles. The fourth-order valence-corrected chi connectivity index (χ4v) is 1.82. The van der Waals surface area contributed by atoms with Crippen LogP contribution in [0.3, 0.4) is 0 Å². The molecule has 0 saturated heterocycles. The van der Waals surface area contributed by atoms with E-state index in [-0.39, 0.29) is 0 Å². The van der Waals surface area contributed by atoms with Crippen LogP contribution in [0, 0.1) is 0 Å². The van der Waals surface area contributed by atoms with Crippen LogP contribution in [0.25, 0.3) is 0 Å². The lowest BCUT2D eigenvalue weighted by molar-refractivity contribution is 0.164. The van der Waals surface area contributed by atoms with Gasteiger partial charge in [-0.1, -0.05) is 36.8 Å². The van der Waals surface area contributed by atoms with Gasteiger partial charge in [0.15, 0.2) is 0 Å². The van der Waals surface area contributed by atoms with E-state index in [2.05, 4.69) is 0 Å². The molecular weight excluding hydrogens is 148 g/mol. The summed E-state index contributed by atoms with van der Waals surface area (Å²) >= 11 is 0. The second-order valence-corrected chi connectivity index (χ2v) is 3.30. The van der Waals surface area contributed by atoms with E-state index in [9.17, 15) is 5.11 Å². The van der Waals surface area contributed by atoms with Gasteiger partial charge in [-0.25, -0.2) is 0 Å². The molecule has 0 amide bonds. The SMILES string of the molecule is [2H][C@]1(c2ccccc2)CCC[C@H]1O. The molecule has 2 atom stereocenters. The van der Waals surface area contributed by atoms with Gasteiger partial charge in [-0.05, 0) is 18.4 Å². The first-order valence-corrected chi connectivity index (χ1v) is 4.47. The molecule has 1 aromatic carbocycles. The maximum atomic E-state index is 9.71. The third-order valence-electron chi connectivity index (χ3n) is 2.47. The highest BCUT2D eigenvalue weighted by Gasteiger charge is 2.25. The second kappa shape index (κ2) is 3.28. The zero-order valence-electron chi connectivity index (χ0n) is 8.03. The van der Waals surface area contributed by atoms with E-state index in [1.54, 1.807) is 0 Å². The van der Waals surface area contributed by atoms with Crippen LogP contribution in [0.15, 0.2) is 30.3 Å². The van der Waals surface area contributed by atoms with Crippen molar-refractivity contribution in [2.45, 2.75) is 31.3 Å². The zero-order valence-corrected chi connectivity index (χ0v) is 7.03. The van der Waals surface area contributed by atoms with Gasteiger partial charge in [0, 0.05) is 7.26 Å². The third kappa shape index (κ3) is 1.37. The molecule has 0 aromatic heterocycles. The predicted octanol–water partition coefficient (Wildman–Crippen LogP) is 2.31. The summed E-state index contributed by atoms with van der Waals surface area (Å²) < 4.78 is 8.18. The first kappa shape index (κ1) is 6.67. The van der Waals surface area contributed by atoms with Crippen molar-refractivity contribution in [3.63, 3.8) is 0 Å². The van der Waals surface area contributed by atoms with Gasteiger partial charge in [0.05, 0.1) is 6.10 Å². The van der Waals surface area contributed by atoms with Crippen LogP contribution in [-0.2, 0) is 0 Å². The lowest BCUT2D eigenvalue weighted by Crippen LogP contribution is -2.10. The number of hydrogen-bond donors (Lipinski definition) is 1. The molecule has 12 heavy (non-hydrogen) atoms. The highest BCUT2D eigenvalue weighted by atomic mass is 16.3. The fourth-order valence-electron chi connectivity index (χ4n) is 1.82. The molecule has 1 fully saturated rings. The monoisotopic (exact) mass is 163 g/mol. The number of rotatable bonds is 1. The highest BCUT2D eigenvalue weighted by molar-refractivity contribution is 5.21. The molecule has 1 aliphatic carbocycles. The van der Waals surface area contributed by atoms with Crippen LogP contribution in [0.4, 0.5) is 0 Å². The first-order chi connectivity index (χ1) is 6.23. The van der Waals surface area contributed by atoms with Crippen molar-refractivity contribution in [1.29, 1.82) is 0 Å². The van der Waals surface area contributed by atoms with Gasteiger partial charge < -0.3 is 5.11 Å². The molecule has 0 unspecified atom stereocenters. The molecule has 0 radical (unpaired) electrons. The molecule has 1 nitrogen and oxygen atoms in total. The normalized spacial score (nSPS) is 36.4. The van der Waals surface area contributed by atoms with Gasteiger partial charge in [0.1, 0.15) is 0 Å². The van der Waals surface area contributed by atoms with E-state index in [0.29, 0.717) is 0 Å². The maximum Gasteiger partial charge on any atom is 0.0608 e. The van der Waals surface area contributed by atoms with E-state index in [1.165, 1.54) is 0 Å². The van der Waals surface area contributed by atoms with Crippen molar-refractivity contribution in [3.05, 3.63) is 35.9 Å². The van der Waals surface area contributed by atoms with Crippen LogP contribution < -0.4 is 0 Å². The van der Waals surface area contributed by atoms with E-state index < -0.39 is 12.0 Å². The van der Waals surface area contributed by atoms with E-state index >= 15 is 0 Å². The summed E-state index contributed by atoms with van der Waals surface area (Å²) in [5.74, 6) is -0.749. The Balaban J connectivity index is 2.34. The molecule has 0 bridgehead atoms. The second-order valence-electron chi connectivity index (χ2n) is 3.30. The van der Waals surface area contributed by atoms with Crippen molar-refractivity contribution in [2.24, 2.45) is 0 Å². The summed E-state index contributed by atoms with van der Waals surface area (Å²) in [5, 5.41) is 9.71. The molecule has 1 aromatic rings. The lowest BCUT2D eigenvalue weighted by atomic mass is 9.96. The van der Waals surface area contributed by atoms with Gasteiger partial charge >= 0.3 is 0 Å². The quantitative estimate of drug-likeness (QED) is 0.673. The number of hydrogen-bond acceptors (Lipinski definition) is 1. The Labute approximate surface area is 74.4 Å². The molecule has 1 aliphatic rings. The van der Waals surface area contributed by atoms with E-state index in [4.69, 9.17) is 1.37 Å². The summed E-state index contributed by atoms with van der Waals surface area (Å²) in [4.78, 5) is 0. The van der Waals surface area contributed by atoms with E-state index in [1.807, 2.05) is 30.3 Å². The number of aliphatic hydroxyl groups is 1. The summed E-state index contributed by atoms with van der Waals surface area (Å²) in [6.07, 6.45) is 2.01. The molecule has 1 heteroatoms. The van der Waals surface area contributed by atoms with E-state index in [0.717, 1.165) is 24.8 Å². The molecule has 2 rings (SSSR count). The van der Waals surface area contributed by atoms with Crippen molar-refractivity contribution >= 4 is 0 Å². The Hall–Kier alpha value is -0.820. The van der Waals surface area contributed by atoms with Gasteiger partial charge in [-0.3, -0.25) is 0 Å². The van der Waals surface area contributed by atoms with Crippen molar-refractivity contribution in [3.8, 4) is 0 Å². The summed E-state index contributed by atoms with van der Waals surface area (Å²) in [6.45, 7) is 0. The molecule has 1 N–H and O–H groups in total. The average Bonchev–Trinajstić information content (AvgIpc) is 2.50. The van der Waals surface area contributed by atoms with Crippen LogP contribution in [0.5, 0.6) is 0 Å². The van der Waals surface area contributed by atoms with Gasteiger partial charge in [-0.15, -0.1) is 0 Å². The first-order valence-electron chi connectivity index (χ1n) is 4.97. The Kier molecular flexibility index (Phi) is 1.82. The van der Waals surface area contributed by atoms with Gasteiger partial charge in [0.2, 0.25) is 0 Å². The van der Waals surface area contributed by atoms with Crippen LogP contribution >= 0.6 is 0 Å². The van der Waals surface area contributed by atoms with Crippen molar-refractivity contribution in [2.75, 3.05) is 0 Å². The van der Waals surface area contributed by atoms with Crippen molar-refractivity contribution < 1.29 is 6.48 Å². The molecule has 0 spiro atoms. The Bertz CT molecular complexity index is 285. The van der Waals surface area contributed by atoms with Crippen LogP contribution in [0.2, 0.25) is 0 Å². The largest absolute Gasteiger partial charge is 0.392 e. The molecule has 0 aliphatic heterocycles. The minimum Gasteiger partial charge on any atom is -0.392 e. The topological polar surface area (TPSA) is 20.2 Å². The zero-order chi connectivity index (χ0) is 9.31. The Morgan fingerprint density at radius 2 is 2.00 bits per heavy atom. The number of benzene rings is 1. The standard InChI is InChI=1S/C11H14O/c12-11-8-4-7-10(11)9-5-2-1-3-6-9/h1-3,5-6,10-12H,4,7-8H2/t10-,11-/m1/s1/i10D. The van der Waals surface area contributed by atoms with Crippen LogP contribution in [-0.4, -0.2) is 11.2 Å². The smallest absolute Gasteiger partial charge is 0.0608 e. The lowest BCUT2D eigenvalue weighted by Gasteiger charge is -2.13. The van der Waals surface area contributed by atoms with Gasteiger partial charge in [-0.2, -0.15) is 0 Å². The molecular formula is C11H14O. The minimum atomic E-state index is -0.749.